The van der Waals surface area contributed by atoms with Crippen molar-refractivity contribution in [2.45, 2.75) is 56.8 Å². The monoisotopic (exact) mass is 557 g/mol. The average molecular weight is 558 g/mol. The van der Waals surface area contributed by atoms with Gasteiger partial charge in [0.15, 0.2) is 0 Å². The molecular formula is C31H35N5O5. The number of fused-ring (bicyclic) bond motifs is 2. The fraction of sp³-hybridized carbons (Fsp3) is 0.355. The van der Waals surface area contributed by atoms with Gasteiger partial charge in [0.1, 0.15) is 23.4 Å². The van der Waals surface area contributed by atoms with Gasteiger partial charge in [0.25, 0.3) is 11.8 Å². The molecule has 3 amide bonds. The smallest absolute Gasteiger partial charge is 0.253 e. The number of pyridine rings is 1. The lowest BCUT2D eigenvalue weighted by atomic mass is 9.96. The highest BCUT2D eigenvalue weighted by Gasteiger charge is 2.42. The van der Waals surface area contributed by atoms with E-state index in [4.69, 9.17) is 15.2 Å². The van der Waals surface area contributed by atoms with E-state index in [1.54, 1.807) is 44.6 Å². The van der Waals surface area contributed by atoms with Gasteiger partial charge in [-0.2, -0.15) is 0 Å². The van der Waals surface area contributed by atoms with Gasteiger partial charge in [-0.3, -0.25) is 14.4 Å². The SMILES string of the molecule is COc1ccc([C@H](NC(=O)c2ccc(N3C4CCC3CC(NC(=O)c3cccc(OC)c3C)C4)nc2)C(N)=O)cc1. The van der Waals surface area contributed by atoms with Gasteiger partial charge in [0.2, 0.25) is 5.91 Å². The Balaban J connectivity index is 1.22. The van der Waals surface area contributed by atoms with Crippen LogP contribution in [0.2, 0.25) is 0 Å². The number of nitrogens with two attached hydrogens (primary N) is 1. The Kier molecular flexibility index (Phi) is 8.09. The number of carbonyl (C=O) groups excluding carboxylic acids is 3. The Bertz CT molecular complexity index is 1410. The van der Waals surface area contributed by atoms with Gasteiger partial charge in [0.05, 0.1) is 19.8 Å². The minimum atomic E-state index is -0.987. The lowest BCUT2D eigenvalue weighted by Crippen LogP contribution is -2.50. The Hall–Kier alpha value is -4.60. The fourth-order valence-corrected chi connectivity index (χ4v) is 6.02. The van der Waals surface area contributed by atoms with E-state index in [9.17, 15) is 14.4 Å². The van der Waals surface area contributed by atoms with E-state index in [0.717, 1.165) is 37.1 Å². The van der Waals surface area contributed by atoms with Gasteiger partial charge < -0.3 is 30.7 Å². The number of hydrogen-bond acceptors (Lipinski definition) is 7. The number of hydrogen-bond donors (Lipinski definition) is 3. The molecule has 2 bridgehead atoms. The van der Waals surface area contributed by atoms with E-state index in [1.807, 2.05) is 31.2 Å². The first-order valence-corrected chi connectivity index (χ1v) is 13.7. The molecule has 2 aliphatic heterocycles. The van der Waals surface area contributed by atoms with E-state index in [1.165, 1.54) is 6.20 Å². The highest BCUT2D eigenvalue weighted by molar-refractivity contribution is 5.98. The van der Waals surface area contributed by atoms with Crippen LogP contribution in [0.5, 0.6) is 11.5 Å². The summed E-state index contributed by atoms with van der Waals surface area (Å²) in [6.45, 7) is 1.89. The Morgan fingerprint density at radius 2 is 1.66 bits per heavy atom. The summed E-state index contributed by atoms with van der Waals surface area (Å²) in [6.07, 6.45) is 5.19. The molecule has 10 heteroatoms. The number of aromatic nitrogens is 1. The quantitative estimate of drug-likeness (QED) is 0.367. The van der Waals surface area contributed by atoms with Crippen LogP contribution in [0.3, 0.4) is 0 Å². The number of benzene rings is 2. The highest BCUT2D eigenvalue weighted by Crippen LogP contribution is 2.38. The lowest BCUT2D eigenvalue weighted by Gasteiger charge is -2.40. The van der Waals surface area contributed by atoms with Crippen LogP contribution in [0.15, 0.2) is 60.8 Å². The Morgan fingerprint density at radius 3 is 2.24 bits per heavy atom. The number of anilines is 1. The molecule has 2 aliphatic rings. The Morgan fingerprint density at radius 1 is 0.951 bits per heavy atom. The van der Waals surface area contributed by atoms with Gasteiger partial charge >= 0.3 is 0 Å². The summed E-state index contributed by atoms with van der Waals surface area (Å²) < 4.78 is 10.5. The van der Waals surface area contributed by atoms with Gasteiger partial charge in [-0.15, -0.1) is 0 Å². The van der Waals surface area contributed by atoms with Crippen molar-refractivity contribution >= 4 is 23.5 Å². The molecule has 0 spiro atoms. The molecule has 2 saturated heterocycles. The molecule has 1 aromatic heterocycles. The second-order valence-corrected chi connectivity index (χ2v) is 10.6. The maximum atomic E-state index is 13.1. The molecule has 0 saturated carbocycles. The maximum Gasteiger partial charge on any atom is 0.253 e. The number of methoxy groups -OCH3 is 2. The summed E-state index contributed by atoms with van der Waals surface area (Å²) in [5.41, 5.74) is 7.92. The van der Waals surface area contributed by atoms with Crippen molar-refractivity contribution < 1.29 is 23.9 Å². The minimum absolute atomic E-state index is 0.0654. The van der Waals surface area contributed by atoms with Crippen LogP contribution in [0.25, 0.3) is 0 Å². The zero-order valence-corrected chi connectivity index (χ0v) is 23.4. The van der Waals surface area contributed by atoms with Gasteiger partial charge in [-0.1, -0.05) is 18.2 Å². The van der Waals surface area contributed by atoms with Crippen LogP contribution in [0, 0.1) is 6.92 Å². The number of nitrogens with zero attached hydrogens (tertiary/aromatic N) is 2. The second kappa shape index (κ2) is 11.9. The van der Waals surface area contributed by atoms with Crippen LogP contribution in [-0.2, 0) is 4.79 Å². The van der Waals surface area contributed by atoms with Crippen molar-refractivity contribution in [2.75, 3.05) is 19.1 Å². The molecular weight excluding hydrogens is 522 g/mol. The summed E-state index contributed by atoms with van der Waals surface area (Å²) >= 11 is 0. The molecule has 0 aliphatic carbocycles. The molecule has 2 fully saturated rings. The molecule has 10 nitrogen and oxygen atoms in total. The van der Waals surface area contributed by atoms with Crippen molar-refractivity contribution in [1.82, 2.24) is 15.6 Å². The highest BCUT2D eigenvalue weighted by atomic mass is 16.5. The third-order valence-electron chi connectivity index (χ3n) is 8.10. The van der Waals surface area contributed by atoms with Crippen LogP contribution in [0.4, 0.5) is 5.82 Å². The normalized spacial score (nSPS) is 20.2. The van der Waals surface area contributed by atoms with E-state index in [0.29, 0.717) is 28.2 Å². The summed E-state index contributed by atoms with van der Waals surface area (Å²) in [5, 5.41) is 5.94. The third-order valence-corrected chi connectivity index (χ3v) is 8.10. The zero-order valence-electron chi connectivity index (χ0n) is 23.4. The van der Waals surface area contributed by atoms with Gasteiger partial charge in [0, 0.05) is 35.4 Å². The summed E-state index contributed by atoms with van der Waals surface area (Å²) in [4.78, 5) is 45.0. The predicted octanol–water partition coefficient (Wildman–Crippen LogP) is 3.29. The summed E-state index contributed by atoms with van der Waals surface area (Å²) in [5.74, 6) is 0.930. The molecule has 2 aromatic carbocycles. The molecule has 3 atom stereocenters. The van der Waals surface area contributed by atoms with Crippen molar-refractivity contribution in [3.8, 4) is 11.5 Å². The van der Waals surface area contributed by atoms with E-state index < -0.39 is 17.9 Å². The first-order valence-electron chi connectivity index (χ1n) is 13.7. The standard InChI is InChI=1S/C31H35N5O5/c1-18-25(5-4-6-26(18)41-3)31(39)34-21-15-22-10-11-23(16-21)36(22)27-14-9-20(17-33-27)30(38)35-28(29(32)37)19-7-12-24(40-2)13-8-19/h4-9,12-14,17,21-23,28H,10-11,15-16H2,1-3H3,(H2,32,37)(H,34,39)(H,35,38)/t21?,22?,23?,28-/m0/s1. The summed E-state index contributed by atoms with van der Waals surface area (Å²) in [7, 11) is 3.15. The molecule has 3 heterocycles. The van der Waals surface area contributed by atoms with Crippen molar-refractivity contribution in [2.24, 2.45) is 5.73 Å². The number of ether oxygens (including phenoxy) is 2. The summed E-state index contributed by atoms with van der Waals surface area (Å²) in [6, 6.07) is 15.4. The largest absolute Gasteiger partial charge is 0.497 e. The van der Waals surface area contributed by atoms with E-state index in [-0.39, 0.29) is 24.0 Å². The predicted molar refractivity (Wildman–Crippen MR) is 154 cm³/mol. The fourth-order valence-electron chi connectivity index (χ4n) is 6.02. The minimum Gasteiger partial charge on any atom is -0.497 e. The van der Waals surface area contributed by atoms with Gasteiger partial charge in [-0.25, -0.2) is 4.98 Å². The Labute approximate surface area is 239 Å². The first-order chi connectivity index (χ1) is 19.8. The molecule has 5 rings (SSSR count). The first kappa shape index (κ1) is 27.9. The van der Waals surface area contributed by atoms with Gasteiger partial charge in [-0.05, 0) is 74.6 Å². The molecule has 214 valence electrons. The zero-order chi connectivity index (χ0) is 29.1. The van der Waals surface area contributed by atoms with Crippen molar-refractivity contribution in [1.29, 1.82) is 0 Å². The van der Waals surface area contributed by atoms with Crippen molar-refractivity contribution in [3.63, 3.8) is 0 Å². The van der Waals surface area contributed by atoms with E-state index >= 15 is 0 Å². The number of nitrogens with one attached hydrogen (secondary N) is 2. The molecule has 41 heavy (non-hydrogen) atoms. The number of rotatable bonds is 9. The maximum absolute atomic E-state index is 13.1. The number of amides is 3. The number of primary amides is 1. The topological polar surface area (TPSA) is 136 Å². The lowest BCUT2D eigenvalue weighted by molar-refractivity contribution is -0.120. The molecule has 0 radical (unpaired) electrons. The molecule has 2 unspecified atom stereocenters. The number of piperidine rings is 1. The number of carbonyl (C=O) groups is 3. The van der Waals surface area contributed by atoms with E-state index in [2.05, 4.69) is 20.5 Å². The van der Waals surface area contributed by atoms with Crippen LogP contribution < -0.4 is 30.7 Å². The molecule has 4 N–H and O–H groups in total. The van der Waals surface area contributed by atoms with Crippen LogP contribution in [-0.4, -0.2) is 55.1 Å². The van der Waals surface area contributed by atoms with Crippen LogP contribution >= 0.6 is 0 Å². The van der Waals surface area contributed by atoms with Crippen LogP contribution in [0.1, 0.15) is 63.6 Å². The second-order valence-electron chi connectivity index (χ2n) is 10.6. The van der Waals surface area contributed by atoms with Crippen molar-refractivity contribution in [3.05, 3.63) is 83.0 Å². The average Bonchev–Trinajstić information content (AvgIpc) is 3.25. The third kappa shape index (κ3) is 5.82. The molecule has 3 aromatic rings.